The van der Waals surface area contributed by atoms with Crippen LogP contribution in [-0.4, -0.2) is 13.1 Å². The van der Waals surface area contributed by atoms with Gasteiger partial charge in [-0.2, -0.15) is 13.2 Å². The molecule has 0 atom stereocenters. The zero-order chi connectivity index (χ0) is 12.5. The molecule has 1 fully saturated rings. The maximum atomic E-state index is 12.9. The van der Waals surface area contributed by atoms with Crippen LogP contribution < -0.4 is 4.90 Å². The Labute approximate surface area is 97.0 Å². The van der Waals surface area contributed by atoms with Gasteiger partial charge in [0.15, 0.2) is 0 Å². The molecule has 0 bridgehead atoms. The molecule has 0 saturated carbocycles. The average Bonchev–Trinajstić information content (AvgIpc) is 2.29. The lowest BCUT2D eigenvalue weighted by atomic mass is 10.1. The topological polar surface area (TPSA) is 3.24 Å². The van der Waals surface area contributed by atoms with Crippen molar-refractivity contribution in [2.75, 3.05) is 18.0 Å². The molecule has 94 valence electrons. The highest BCUT2D eigenvalue weighted by molar-refractivity contribution is 5.55. The van der Waals surface area contributed by atoms with Gasteiger partial charge in [0, 0.05) is 18.8 Å². The summed E-state index contributed by atoms with van der Waals surface area (Å²) in [4.78, 5) is 1.69. The Morgan fingerprint density at radius 2 is 1.65 bits per heavy atom. The molecule has 17 heavy (non-hydrogen) atoms. The molecule has 0 N–H and O–H groups in total. The van der Waals surface area contributed by atoms with Crippen LogP contribution in [0.25, 0.3) is 0 Å². The van der Waals surface area contributed by atoms with Crippen LogP contribution in [0, 0.1) is 5.82 Å². The molecule has 0 aromatic heterocycles. The van der Waals surface area contributed by atoms with E-state index in [1.165, 1.54) is 6.07 Å². The van der Waals surface area contributed by atoms with Gasteiger partial charge in [0.2, 0.25) is 0 Å². The van der Waals surface area contributed by atoms with Gasteiger partial charge in [0.1, 0.15) is 5.82 Å². The van der Waals surface area contributed by atoms with Crippen molar-refractivity contribution in [3.8, 4) is 0 Å². The Kier molecular flexibility index (Phi) is 3.26. The van der Waals surface area contributed by atoms with Crippen molar-refractivity contribution in [3.05, 3.63) is 29.6 Å². The molecule has 1 nitrogen and oxygen atoms in total. The first kappa shape index (κ1) is 12.2. The zero-order valence-electron chi connectivity index (χ0n) is 9.23. The highest BCUT2D eigenvalue weighted by Crippen LogP contribution is 2.37. The normalized spacial score (nSPS) is 17.3. The van der Waals surface area contributed by atoms with Crippen molar-refractivity contribution in [1.82, 2.24) is 0 Å². The smallest absolute Gasteiger partial charge is 0.371 e. The van der Waals surface area contributed by atoms with Gasteiger partial charge in [-0.25, -0.2) is 4.39 Å². The van der Waals surface area contributed by atoms with Gasteiger partial charge in [-0.3, -0.25) is 0 Å². The van der Waals surface area contributed by atoms with Gasteiger partial charge in [-0.1, -0.05) is 0 Å². The summed E-state index contributed by atoms with van der Waals surface area (Å²) in [6.07, 6.45) is -1.70. The van der Waals surface area contributed by atoms with Crippen LogP contribution in [0.2, 0.25) is 0 Å². The highest BCUT2D eigenvalue weighted by atomic mass is 19.4. The summed E-state index contributed by atoms with van der Waals surface area (Å²) in [7, 11) is 0. The molecule has 1 aliphatic rings. The number of halogens is 4. The van der Waals surface area contributed by atoms with E-state index in [9.17, 15) is 17.6 Å². The Morgan fingerprint density at radius 1 is 1.00 bits per heavy atom. The fourth-order valence-corrected chi connectivity index (χ4v) is 2.15. The molecule has 0 spiro atoms. The molecule has 1 aromatic rings. The number of piperidine rings is 1. The SMILES string of the molecule is Fc1ccc(N2CCCCC2)c(C(F)(F)F)c1. The van der Waals surface area contributed by atoms with Crippen molar-refractivity contribution in [3.63, 3.8) is 0 Å². The van der Waals surface area contributed by atoms with Crippen LogP contribution in [0.3, 0.4) is 0 Å². The standard InChI is InChI=1S/C12H13F4N/c13-9-4-5-11(10(8-9)12(14,15)16)17-6-2-1-3-7-17/h4-5,8H,1-3,6-7H2. The minimum Gasteiger partial charge on any atom is -0.371 e. The van der Waals surface area contributed by atoms with Crippen LogP contribution in [0.4, 0.5) is 23.2 Å². The summed E-state index contributed by atoms with van der Waals surface area (Å²) in [6, 6.07) is 2.88. The van der Waals surface area contributed by atoms with Crippen LogP contribution >= 0.6 is 0 Å². The second-order valence-electron chi connectivity index (χ2n) is 4.21. The monoisotopic (exact) mass is 247 g/mol. The zero-order valence-corrected chi connectivity index (χ0v) is 9.23. The van der Waals surface area contributed by atoms with Crippen LogP contribution in [-0.2, 0) is 6.18 Å². The molecule has 0 amide bonds. The van der Waals surface area contributed by atoms with Gasteiger partial charge in [-0.05, 0) is 37.5 Å². The van der Waals surface area contributed by atoms with Crippen molar-refractivity contribution in [1.29, 1.82) is 0 Å². The number of rotatable bonds is 1. The van der Waals surface area contributed by atoms with E-state index in [4.69, 9.17) is 0 Å². The second kappa shape index (κ2) is 4.55. The molecule has 2 rings (SSSR count). The molecule has 1 aliphatic heterocycles. The Bertz CT molecular complexity index is 394. The predicted molar refractivity (Wildman–Crippen MR) is 57.5 cm³/mol. The second-order valence-corrected chi connectivity index (χ2v) is 4.21. The lowest BCUT2D eigenvalue weighted by Crippen LogP contribution is -2.31. The first-order valence-corrected chi connectivity index (χ1v) is 5.60. The minimum absolute atomic E-state index is 0.0959. The van der Waals surface area contributed by atoms with Crippen molar-refractivity contribution in [2.24, 2.45) is 0 Å². The third-order valence-electron chi connectivity index (χ3n) is 2.96. The van der Waals surface area contributed by atoms with Crippen LogP contribution in [0.1, 0.15) is 24.8 Å². The lowest BCUT2D eigenvalue weighted by Gasteiger charge is -2.31. The molecule has 1 aromatic carbocycles. The number of hydrogen-bond acceptors (Lipinski definition) is 1. The quantitative estimate of drug-likeness (QED) is 0.681. The molecule has 5 heteroatoms. The number of anilines is 1. The predicted octanol–water partition coefficient (Wildman–Crippen LogP) is 3.83. The Balaban J connectivity index is 2.38. The Hall–Kier alpha value is -1.26. The van der Waals surface area contributed by atoms with Gasteiger partial charge in [0.25, 0.3) is 0 Å². The molecular formula is C12H13F4N. The molecule has 0 aliphatic carbocycles. The van der Waals surface area contributed by atoms with E-state index in [1.807, 2.05) is 0 Å². The van der Waals surface area contributed by atoms with Crippen LogP contribution in [0.5, 0.6) is 0 Å². The maximum absolute atomic E-state index is 12.9. The summed E-state index contributed by atoms with van der Waals surface area (Å²) in [6.45, 7) is 1.21. The van der Waals surface area contributed by atoms with Gasteiger partial charge in [-0.15, -0.1) is 0 Å². The number of nitrogens with zero attached hydrogens (tertiary/aromatic N) is 1. The summed E-state index contributed by atoms with van der Waals surface area (Å²) >= 11 is 0. The largest absolute Gasteiger partial charge is 0.418 e. The van der Waals surface area contributed by atoms with E-state index in [1.54, 1.807) is 4.90 Å². The van der Waals surface area contributed by atoms with Gasteiger partial charge < -0.3 is 4.90 Å². The van der Waals surface area contributed by atoms with Gasteiger partial charge in [0.05, 0.1) is 5.56 Å². The number of benzene rings is 1. The van der Waals surface area contributed by atoms with E-state index >= 15 is 0 Å². The fourth-order valence-electron chi connectivity index (χ4n) is 2.15. The third-order valence-corrected chi connectivity index (χ3v) is 2.96. The van der Waals surface area contributed by atoms with E-state index in [0.717, 1.165) is 25.3 Å². The van der Waals surface area contributed by atoms with E-state index < -0.39 is 17.6 Å². The molecule has 0 unspecified atom stereocenters. The number of alkyl halides is 3. The Morgan fingerprint density at radius 3 is 2.24 bits per heavy atom. The molecule has 1 heterocycles. The van der Waals surface area contributed by atoms with Crippen molar-refractivity contribution < 1.29 is 17.6 Å². The van der Waals surface area contributed by atoms with Crippen LogP contribution in [0.15, 0.2) is 18.2 Å². The first-order chi connectivity index (χ1) is 7.98. The van der Waals surface area contributed by atoms with E-state index in [-0.39, 0.29) is 5.69 Å². The van der Waals surface area contributed by atoms with E-state index in [0.29, 0.717) is 19.2 Å². The fraction of sp³-hybridized carbons (Fsp3) is 0.500. The van der Waals surface area contributed by atoms with Gasteiger partial charge >= 0.3 is 6.18 Å². The lowest BCUT2D eigenvalue weighted by molar-refractivity contribution is -0.137. The molecule has 0 radical (unpaired) electrons. The average molecular weight is 247 g/mol. The van der Waals surface area contributed by atoms with Crippen molar-refractivity contribution in [2.45, 2.75) is 25.4 Å². The summed E-state index contributed by atoms with van der Waals surface area (Å²) in [5.41, 5.74) is -0.780. The first-order valence-electron chi connectivity index (χ1n) is 5.60. The number of hydrogen-bond donors (Lipinski definition) is 0. The summed E-state index contributed by atoms with van der Waals surface area (Å²) < 4.78 is 51.3. The highest BCUT2D eigenvalue weighted by Gasteiger charge is 2.35. The third kappa shape index (κ3) is 2.70. The minimum atomic E-state index is -4.51. The summed E-state index contributed by atoms with van der Waals surface area (Å²) in [5.74, 6) is -0.849. The maximum Gasteiger partial charge on any atom is 0.418 e. The van der Waals surface area contributed by atoms with E-state index in [2.05, 4.69) is 0 Å². The molecule has 1 saturated heterocycles. The van der Waals surface area contributed by atoms with Crippen molar-refractivity contribution >= 4 is 5.69 Å². The molecular weight excluding hydrogens is 234 g/mol. The summed E-state index contributed by atoms with van der Waals surface area (Å²) in [5, 5.41) is 0.